The number of aromatic amines is 1. The van der Waals surface area contributed by atoms with Gasteiger partial charge in [0.15, 0.2) is 0 Å². The third kappa shape index (κ3) is 3.29. The van der Waals surface area contributed by atoms with Crippen LogP contribution >= 0.6 is 0 Å². The molecule has 0 bridgehead atoms. The van der Waals surface area contributed by atoms with Crippen LogP contribution in [0.2, 0.25) is 0 Å². The van der Waals surface area contributed by atoms with Crippen LogP contribution in [0.5, 0.6) is 0 Å². The Kier molecular flexibility index (Phi) is 3.95. The molecule has 23 heavy (non-hydrogen) atoms. The number of hydrogen-bond donors (Lipinski definition) is 2. The van der Waals surface area contributed by atoms with Crippen LogP contribution in [0.25, 0.3) is 11.3 Å². The molecule has 3 aromatic rings. The summed E-state index contributed by atoms with van der Waals surface area (Å²) >= 11 is 0. The van der Waals surface area contributed by atoms with Crippen LogP contribution in [-0.2, 0) is 5.54 Å². The number of anilines is 1. The summed E-state index contributed by atoms with van der Waals surface area (Å²) < 4.78 is 0. The third-order valence-corrected chi connectivity index (χ3v) is 4.32. The van der Waals surface area contributed by atoms with E-state index in [1.54, 1.807) is 0 Å². The number of rotatable bonds is 4. The topological polar surface area (TPSA) is 40.7 Å². The van der Waals surface area contributed by atoms with E-state index in [0.717, 1.165) is 17.2 Å². The van der Waals surface area contributed by atoms with Crippen molar-refractivity contribution in [2.75, 3.05) is 5.32 Å². The molecule has 0 aliphatic heterocycles. The maximum atomic E-state index is 4.49. The lowest BCUT2D eigenvalue weighted by atomic mass is 9.95. The molecule has 0 fully saturated rings. The van der Waals surface area contributed by atoms with Crippen molar-refractivity contribution in [1.29, 1.82) is 0 Å². The Morgan fingerprint density at radius 2 is 1.70 bits per heavy atom. The standard InChI is InChI=1S/C20H23N3/c1-14-10-11-16(12-15(14)2)18-13-21-19(22-18)23-20(3,4)17-8-6-5-7-9-17/h5-13H,1-4H3,(H2,21,22,23). The minimum atomic E-state index is -0.195. The first-order valence-corrected chi connectivity index (χ1v) is 7.92. The second-order valence-electron chi connectivity index (χ2n) is 6.56. The molecule has 0 unspecified atom stereocenters. The predicted molar refractivity (Wildman–Crippen MR) is 96.6 cm³/mol. The van der Waals surface area contributed by atoms with Gasteiger partial charge in [0.05, 0.1) is 17.4 Å². The fourth-order valence-corrected chi connectivity index (χ4v) is 2.66. The van der Waals surface area contributed by atoms with E-state index in [2.05, 4.69) is 85.4 Å². The molecule has 1 aromatic heterocycles. The smallest absolute Gasteiger partial charge is 0.201 e. The van der Waals surface area contributed by atoms with E-state index in [-0.39, 0.29) is 5.54 Å². The highest BCUT2D eigenvalue weighted by atomic mass is 15.1. The van der Waals surface area contributed by atoms with Gasteiger partial charge in [-0.15, -0.1) is 0 Å². The van der Waals surface area contributed by atoms with E-state index in [4.69, 9.17) is 0 Å². The zero-order valence-corrected chi connectivity index (χ0v) is 14.1. The summed E-state index contributed by atoms with van der Waals surface area (Å²) in [5, 5.41) is 3.48. The summed E-state index contributed by atoms with van der Waals surface area (Å²) in [5.41, 5.74) is 5.81. The lowest BCUT2D eigenvalue weighted by Crippen LogP contribution is -2.28. The number of benzene rings is 2. The van der Waals surface area contributed by atoms with Crippen molar-refractivity contribution >= 4 is 5.95 Å². The van der Waals surface area contributed by atoms with Crippen molar-refractivity contribution in [1.82, 2.24) is 9.97 Å². The van der Waals surface area contributed by atoms with Gasteiger partial charge in [0, 0.05) is 0 Å². The summed E-state index contributed by atoms with van der Waals surface area (Å²) in [5.74, 6) is 0.784. The number of aromatic nitrogens is 2. The summed E-state index contributed by atoms with van der Waals surface area (Å²) in [6, 6.07) is 16.9. The number of H-pyrrole nitrogens is 1. The van der Waals surface area contributed by atoms with E-state index < -0.39 is 0 Å². The van der Waals surface area contributed by atoms with Crippen LogP contribution in [0.15, 0.2) is 54.7 Å². The predicted octanol–water partition coefficient (Wildman–Crippen LogP) is 5.04. The fraction of sp³-hybridized carbons (Fsp3) is 0.250. The van der Waals surface area contributed by atoms with Gasteiger partial charge in [-0.05, 0) is 56.0 Å². The molecule has 3 heteroatoms. The third-order valence-electron chi connectivity index (χ3n) is 4.32. The highest BCUT2D eigenvalue weighted by Crippen LogP contribution is 2.26. The summed E-state index contributed by atoms with van der Waals surface area (Å²) in [6.07, 6.45) is 1.88. The molecular formula is C20H23N3. The molecule has 0 aliphatic rings. The average molecular weight is 305 g/mol. The Balaban J connectivity index is 1.83. The van der Waals surface area contributed by atoms with Gasteiger partial charge in [-0.25, -0.2) is 4.98 Å². The quantitative estimate of drug-likeness (QED) is 0.709. The molecule has 0 radical (unpaired) electrons. The molecule has 0 spiro atoms. The normalized spacial score (nSPS) is 11.5. The Morgan fingerprint density at radius 1 is 0.957 bits per heavy atom. The second-order valence-corrected chi connectivity index (χ2v) is 6.56. The lowest BCUT2D eigenvalue weighted by molar-refractivity contribution is 0.603. The number of imidazole rings is 1. The van der Waals surface area contributed by atoms with Gasteiger partial charge in [0.1, 0.15) is 0 Å². The molecule has 2 N–H and O–H groups in total. The molecule has 118 valence electrons. The van der Waals surface area contributed by atoms with E-state index in [1.807, 2.05) is 12.3 Å². The molecule has 0 saturated carbocycles. The van der Waals surface area contributed by atoms with Crippen molar-refractivity contribution in [3.05, 3.63) is 71.4 Å². The summed E-state index contributed by atoms with van der Waals surface area (Å²) in [6.45, 7) is 8.56. The van der Waals surface area contributed by atoms with E-state index in [1.165, 1.54) is 16.7 Å². The van der Waals surface area contributed by atoms with Crippen LogP contribution in [0.3, 0.4) is 0 Å². The van der Waals surface area contributed by atoms with Crippen LogP contribution in [0.1, 0.15) is 30.5 Å². The van der Waals surface area contributed by atoms with Crippen LogP contribution in [0, 0.1) is 13.8 Å². The molecule has 0 atom stereocenters. The van der Waals surface area contributed by atoms with Gasteiger partial charge in [0.2, 0.25) is 5.95 Å². The van der Waals surface area contributed by atoms with Crippen molar-refractivity contribution < 1.29 is 0 Å². The van der Waals surface area contributed by atoms with E-state index >= 15 is 0 Å². The maximum Gasteiger partial charge on any atom is 0.201 e. The number of hydrogen-bond acceptors (Lipinski definition) is 2. The van der Waals surface area contributed by atoms with Gasteiger partial charge in [0.25, 0.3) is 0 Å². The Morgan fingerprint density at radius 3 is 2.39 bits per heavy atom. The maximum absolute atomic E-state index is 4.49. The first kappa shape index (κ1) is 15.3. The fourth-order valence-electron chi connectivity index (χ4n) is 2.66. The average Bonchev–Trinajstić information content (AvgIpc) is 2.99. The summed E-state index contributed by atoms with van der Waals surface area (Å²) in [7, 11) is 0. The second kappa shape index (κ2) is 5.92. The first-order valence-electron chi connectivity index (χ1n) is 7.92. The van der Waals surface area contributed by atoms with Gasteiger partial charge in [-0.2, -0.15) is 0 Å². The number of aryl methyl sites for hydroxylation is 2. The minimum Gasteiger partial charge on any atom is -0.347 e. The van der Waals surface area contributed by atoms with Gasteiger partial charge in [-0.1, -0.05) is 42.5 Å². The van der Waals surface area contributed by atoms with Crippen LogP contribution in [-0.4, -0.2) is 9.97 Å². The minimum absolute atomic E-state index is 0.195. The number of nitrogens with one attached hydrogen (secondary N) is 2. The largest absolute Gasteiger partial charge is 0.347 e. The Bertz CT molecular complexity index is 801. The van der Waals surface area contributed by atoms with Crippen molar-refractivity contribution in [3.63, 3.8) is 0 Å². The van der Waals surface area contributed by atoms with Crippen molar-refractivity contribution in [2.45, 2.75) is 33.2 Å². The highest BCUT2D eigenvalue weighted by Gasteiger charge is 2.21. The van der Waals surface area contributed by atoms with E-state index in [0.29, 0.717) is 0 Å². The zero-order chi connectivity index (χ0) is 16.4. The molecule has 3 nitrogen and oxygen atoms in total. The van der Waals surface area contributed by atoms with Crippen LogP contribution in [0.4, 0.5) is 5.95 Å². The highest BCUT2D eigenvalue weighted by molar-refractivity contribution is 5.62. The molecule has 0 saturated heterocycles. The van der Waals surface area contributed by atoms with Gasteiger partial charge in [-0.3, -0.25) is 0 Å². The van der Waals surface area contributed by atoms with Crippen molar-refractivity contribution in [3.8, 4) is 11.3 Å². The molecule has 2 aromatic carbocycles. The van der Waals surface area contributed by atoms with Gasteiger partial charge < -0.3 is 10.3 Å². The molecule has 1 heterocycles. The number of nitrogens with zero attached hydrogens (tertiary/aromatic N) is 1. The van der Waals surface area contributed by atoms with Gasteiger partial charge >= 0.3 is 0 Å². The molecule has 3 rings (SSSR count). The van der Waals surface area contributed by atoms with E-state index in [9.17, 15) is 0 Å². The monoisotopic (exact) mass is 305 g/mol. The molecule has 0 aliphatic carbocycles. The summed E-state index contributed by atoms with van der Waals surface area (Å²) in [4.78, 5) is 7.87. The zero-order valence-electron chi connectivity index (χ0n) is 14.1. The first-order chi connectivity index (χ1) is 11.0. The van der Waals surface area contributed by atoms with Crippen molar-refractivity contribution in [2.24, 2.45) is 0 Å². The lowest BCUT2D eigenvalue weighted by Gasteiger charge is -2.26. The SMILES string of the molecule is Cc1ccc(-c2cnc(NC(C)(C)c3ccccc3)[nH]2)cc1C. The molecular weight excluding hydrogens is 282 g/mol. The van der Waals surface area contributed by atoms with Crippen LogP contribution < -0.4 is 5.32 Å². The Hall–Kier alpha value is -2.55. The molecule has 0 amide bonds. The Labute approximate surface area is 137 Å².